The highest BCUT2D eigenvalue weighted by atomic mass is 14.3. The lowest BCUT2D eigenvalue weighted by atomic mass is 9.76. The Morgan fingerprint density at radius 3 is 1.23 bits per heavy atom. The molecular formula is C47H40. The second-order valence-electron chi connectivity index (χ2n) is 11.3. The molecule has 0 saturated heterocycles. The first-order valence-corrected chi connectivity index (χ1v) is 14.3. The highest BCUT2D eigenvalue weighted by Gasteiger charge is 2.24. The van der Waals surface area contributed by atoms with E-state index in [4.69, 9.17) is 26.0 Å². The Bertz CT molecular complexity index is 3470. The molecule has 47 heavy (non-hydrogen) atoms. The van der Waals surface area contributed by atoms with Gasteiger partial charge in [0.1, 0.15) is 0 Å². The first-order chi connectivity index (χ1) is 34.1. The van der Waals surface area contributed by atoms with Crippen molar-refractivity contribution in [1.29, 1.82) is 0 Å². The van der Waals surface area contributed by atoms with Gasteiger partial charge in [-0.1, -0.05) is 159 Å². The molecule has 0 atom stereocenters. The van der Waals surface area contributed by atoms with E-state index in [0.717, 1.165) is 6.07 Å². The molecule has 0 N–H and O–H groups in total. The Morgan fingerprint density at radius 1 is 0.362 bits per heavy atom. The van der Waals surface area contributed by atoms with Crippen molar-refractivity contribution in [3.63, 3.8) is 0 Å². The highest BCUT2D eigenvalue weighted by molar-refractivity contribution is 5.88. The normalized spacial score (nSPS) is 19.4. The second-order valence-corrected chi connectivity index (χ2v) is 11.3. The summed E-state index contributed by atoms with van der Waals surface area (Å²) in [5.74, 6) is 0. The third-order valence-corrected chi connectivity index (χ3v) is 6.97. The molecule has 0 aliphatic carbocycles. The SMILES string of the molecule is [2H]c1c([2H])c([2H])c(-c2cc(-c3c([2H])c([2H])c([2H])c(-c4c([2H])c(-c5c([2H])c([2H])c([2H])c([2H])c5[2H])c([2H])c(-c5c([2H])c([2H])c(C)c([2H])c5[2H])c4[2H])c3C(C)(C)C)c([2H])c(-c3c([2H])c([2H])c([2H])c([2H])c3[2H])c2[2H])c([2H])c1[2H]. The van der Waals surface area contributed by atoms with Gasteiger partial charge in [0, 0.05) is 0 Å². The summed E-state index contributed by atoms with van der Waals surface area (Å²) >= 11 is 0. The summed E-state index contributed by atoms with van der Waals surface area (Å²) < 4.78 is 242. The van der Waals surface area contributed by atoms with Crippen LogP contribution in [0.4, 0.5) is 0 Å². The number of hydrogen-bond acceptors (Lipinski definition) is 0. The molecule has 228 valence electrons. The summed E-state index contributed by atoms with van der Waals surface area (Å²) in [7, 11) is 0. The number of hydrogen-bond donors (Lipinski definition) is 0. The first kappa shape index (κ1) is 12.3. The van der Waals surface area contributed by atoms with E-state index >= 15 is 0 Å². The molecule has 0 fully saturated rings. The maximum atomic E-state index is 9.88. The standard InChI is InChI=1S/C47H40/c1-33-23-25-37(26-24-33)41-28-40(36-19-12-7-13-20-36)31-43(32-41)45-22-14-21-44(46(45)47(2,3)4)42-29-38(34-15-8-5-9-16-34)27-39(30-42)35-17-10-6-11-18-35/h5-32H,1-4H3/i5D,6D,7D,8D,9D,10D,11D,12D,13D,14D,15D,16D,17D,18D,19D,20D,21D,22D,23D,24D,25D,26D,27D,28D,29D,31D,32D. The predicted molar refractivity (Wildman–Crippen MR) is 202 cm³/mol. The molecule has 0 saturated carbocycles. The van der Waals surface area contributed by atoms with Gasteiger partial charge in [0.2, 0.25) is 0 Å². The third kappa shape index (κ3) is 6.46. The van der Waals surface area contributed by atoms with Crippen LogP contribution in [0.25, 0.3) is 66.8 Å². The van der Waals surface area contributed by atoms with Crippen molar-refractivity contribution in [1.82, 2.24) is 0 Å². The third-order valence-electron chi connectivity index (χ3n) is 6.97. The molecule has 0 heteroatoms. The van der Waals surface area contributed by atoms with Crippen LogP contribution in [-0.2, 0) is 5.41 Å². The van der Waals surface area contributed by atoms with Crippen LogP contribution in [0.1, 0.15) is 68.9 Å². The molecule has 0 nitrogen and oxygen atoms in total. The van der Waals surface area contributed by atoms with Crippen LogP contribution in [0.2, 0.25) is 0 Å². The molecule has 0 aromatic heterocycles. The van der Waals surface area contributed by atoms with Gasteiger partial charge in [-0.2, -0.15) is 0 Å². The Balaban J connectivity index is 1.84. The lowest BCUT2D eigenvalue weighted by Gasteiger charge is -2.28. The molecule has 7 aromatic rings. The van der Waals surface area contributed by atoms with Crippen molar-refractivity contribution >= 4 is 0 Å². The van der Waals surface area contributed by atoms with Gasteiger partial charge < -0.3 is 0 Å². The lowest BCUT2D eigenvalue weighted by Crippen LogP contribution is -2.15. The van der Waals surface area contributed by atoms with E-state index in [1.165, 1.54) is 27.7 Å². The first-order valence-electron chi connectivity index (χ1n) is 27.8. The molecule has 0 radical (unpaired) electrons. The Hall–Kier alpha value is -5.46. The van der Waals surface area contributed by atoms with E-state index in [0.29, 0.717) is 0 Å². The summed E-state index contributed by atoms with van der Waals surface area (Å²) in [6, 6.07) is -22.8. The van der Waals surface area contributed by atoms with Gasteiger partial charge in [0.15, 0.2) is 0 Å². The summed E-state index contributed by atoms with van der Waals surface area (Å²) in [5.41, 5.74) is -10.3. The molecular weight excluding hydrogens is 565 g/mol. The van der Waals surface area contributed by atoms with E-state index in [9.17, 15) is 11.0 Å². The quantitative estimate of drug-likeness (QED) is 0.171. The summed E-state index contributed by atoms with van der Waals surface area (Å²) in [6.45, 7) is 5.78. The van der Waals surface area contributed by atoms with Gasteiger partial charge >= 0.3 is 0 Å². The fourth-order valence-electron chi connectivity index (χ4n) is 4.94. The van der Waals surface area contributed by atoms with E-state index in [2.05, 4.69) is 0 Å². The molecule has 0 amide bonds. The van der Waals surface area contributed by atoms with Gasteiger partial charge in [-0.25, -0.2) is 0 Å². The summed E-state index contributed by atoms with van der Waals surface area (Å²) in [4.78, 5) is 0. The minimum atomic E-state index is -1.52. The van der Waals surface area contributed by atoms with Gasteiger partial charge in [0.05, 0.1) is 37.0 Å². The predicted octanol–water partition coefficient (Wildman–Crippen LogP) is 13.3. The average molecular weight is 632 g/mol. The minimum absolute atomic E-state index is 0.140. The summed E-state index contributed by atoms with van der Waals surface area (Å²) in [5, 5.41) is 0. The topological polar surface area (TPSA) is 0 Å². The maximum Gasteiger partial charge on any atom is 0.0636 e. The van der Waals surface area contributed by atoms with Gasteiger partial charge in [-0.15, -0.1) is 0 Å². The monoisotopic (exact) mass is 631 g/mol. The van der Waals surface area contributed by atoms with Crippen molar-refractivity contribution in [3.05, 3.63) is 180 Å². The minimum Gasteiger partial charge on any atom is -0.0622 e. The van der Waals surface area contributed by atoms with Crippen LogP contribution in [0, 0.1) is 6.92 Å². The van der Waals surface area contributed by atoms with E-state index in [-0.39, 0.29) is 11.1 Å². The van der Waals surface area contributed by atoms with Crippen LogP contribution in [-0.4, -0.2) is 0 Å². The van der Waals surface area contributed by atoms with Gasteiger partial charge in [-0.3, -0.25) is 0 Å². The second kappa shape index (κ2) is 12.7. The Morgan fingerprint density at radius 2 is 0.745 bits per heavy atom. The van der Waals surface area contributed by atoms with Crippen LogP contribution in [0.3, 0.4) is 0 Å². The molecule has 0 bridgehead atoms. The number of benzene rings is 7. The fourth-order valence-corrected chi connectivity index (χ4v) is 4.94. The van der Waals surface area contributed by atoms with Gasteiger partial charge in [-0.05, 0) is 121 Å². The van der Waals surface area contributed by atoms with E-state index < -0.39 is 235 Å². The van der Waals surface area contributed by atoms with Crippen LogP contribution in [0.5, 0.6) is 0 Å². The molecule has 7 rings (SSSR count). The van der Waals surface area contributed by atoms with Gasteiger partial charge in [0.25, 0.3) is 0 Å². The van der Waals surface area contributed by atoms with Crippen molar-refractivity contribution < 1.29 is 37.0 Å². The largest absolute Gasteiger partial charge is 0.0636 e. The zero-order chi connectivity index (χ0) is 55.9. The number of rotatable bonds is 6. The Labute approximate surface area is 318 Å². The highest BCUT2D eigenvalue weighted by Crippen LogP contribution is 2.44. The zero-order valence-electron chi connectivity index (χ0n) is 52.6. The molecule has 7 aromatic carbocycles. The molecule has 0 spiro atoms. The fraction of sp³-hybridized carbons (Fsp3) is 0.106. The molecule has 0 aliphatic rings. The van der Waals surface area contributed by atoms with Crippen molar-refractivity contribution in [2.24, 2.45) is 0 Å². The lowest BCUT2D eigenvalue weighted by molar-refractivity contribution is 0.593. The average Bonchev–Trinajstić information content (AvgIpc) is 3.34. The molecule has 0 heterocycles. The van der Waals surface area contributed by atoms with E-state index in [1.54, 1.807) is 0 Å². The van der Waals surface area contributed by atoms with Crippen molar-refractivity contribution in [2.45, 2.75) is 33.1 Å². The van der Waals surface area contributed by atoms with Crippen LogP contribution < -0.4 is 0 Å². The molecule has 0 aliphatic heterocycles. The summed E-state index contributed by atoms with van der Waals surface area (Å²) in [6.07, 6.45) is 0. The Kier molecular flexibility index (Phi) is 3.33. The smallest absolute Gasteiger partial charge is 0.0622 e. The van der Waals surface area contributed by atoms with Crippen LogP contribution in [0.15, 0.2) is 169 Å². The molecule has 0 unspecified atom stereocenters. The zero-order valence-corrected chi connectivity index (χ0v) is 25.6. The maximum absolute atomic E-state index is 9.88. The van der Waals surface area contributed by atoms with E-state index in [1.807, 2.05) is 0 Å². The van der Waals surface area contributed by atoms with Crippen molar-refractivity contribution in [2.75, 3.05) is 0 Å². The van der Waals surface area contributed by atoms with Crippen LogP contribution >= 0.6 is 0 Å². The van der Waals surface area contributed by atoms with Crippen molar-refractivity contribution in [3.8, 4) is 66.8 Å².